The molecule has 0 aromatic rings. The number of hydrogen-bond acceptors (Lipinski definition) is 3. The molecule has 1 rings (SSSR count). The van der Waals surface area contributed by atoms with Crippen molar-refractivity contribution in [1.29, 1.82) is 0 Å². The molecule has 2 atom stereocenters. The Hall–Kier alpha value is -1.06. The van der Waals surface area contributed by atoms with Gasteiger partial charge in [-0.1, -0.05) is 44.1 Å². The topological polar surface area (TPSA) is 46.6 Å². The second kappa shape index (κ2) is 15.3. The van der Waals surface area contributed by atoms with Gasteiger partial charge < -0.3 is 9.64 Å². The zero-order valence-corrected chi connectivity index (χ0v) is 10.4. The van der Waals surface area contributed by atoms with Crippen molar-refractivity contribution in [2.75, 3.05) is 6.54 Å². The lowest BCUT2D eigenvalue weighted by atomic mass is 10.1. The fraction of sp³-hybridized carbons (Fsp3) is 0.882. The Kier molecular flexibility index (Phi) is 23.4. The van der Waals surface area contributed by atoms with Crippen molar-refractivity contribution in [2.45, 2.75) is 95.7 Å². The number of hydrogen-bond donors (Lipinski definition) is 0. The van der Waals surface area contributed by atoms with Gasteiger partial charge in [0.05, 0.1) is 0 Å². The first-order valence-corrected chi connectivity index (χ1v) is 6.01. The highest BCUT2D eigenvalue weighted by molar-refractivity contribution is 5.78. The molecule has 1 amide bonds. The lowest BCUT2D eigenvalue weighted by Gasteiger charge is -2.28. The van der Waals surface area contributed by atoms with Crippen LogP contribution < -0.4 is 0 Å². The molecule has 1 fully saturated rings. The summed E-state index contributed by atoms with van der Waals surface area (Å²) in [6, 6.07) is 0.212. The van der Waals surface area contributed by atoms with Crippen LogP contribution in [0.2, 0.25) is 0 Å². The summed E-state index contributed by atoms with van der Waals surface area (Å²) in [4.78, 5) is 24.3. The summed E-state index contributed by atoms with van der Waals surface area (Å²) in [7, 11) is 0. The molecule has 0 spiro atoms. The summed E-state index contributed by atoms with van der Waals surface area (Å²) in [6.07, 6.45) is 3.16. The first-order valence-electron chi connectivity index (χ1n) is 6.01. The Morgan fingerprint density at radius 1 is 1.24 bits per heavy atom. The van der Waals surface area contributed by atoms with Crippen molar-refractivity contribution >= 4 is 11.9 Å². The number of rotatable bonds is 5. The molecule has 4 heteroatoms. The smallest absolute Gasteiger partial charge is 0.302 e. The zero-order chi connectivity index (χ0) is 12.1. The average Bonchev–Trinajstić information content (AvgIpc) is 2.60. The van der Waals surface area contributed by atoms with Crippen LogP contribution in [-0.4, -0.2) is 35.5 Å². The number of ether oxygens (including phenoxy) is 1. The van der Waals surface area contributed by atoms with E-state index in [0.29, 0.717) is 6.42 Å². The fourth-order valence-electron chi connectivity index (χ4n) is 2.28. The van der Waals surface area contributed by atoms with Crippen LogP contribution in [0.5, 0.6) is 0 Å². The van der Waals surface area contributed by atoms with Crippen molar-refractivity contribution in [1.82, 2.24) is 4.90 Å². The van der Waals surface area contributed by atoms with Crippen LogP contribution in [0.3, 0.4) is 0 Å². The van der Waals surface area contributed by atoms with Gasteiger partial charge in [-0.15, -0.1) is 0 Å². The molecular formula is C17H41NO3. The second-order valence-electron chi connectivity index (χ2n) is 4.41. The third-order valence-corrected chi connectivity index (χ3v) is 2.99. The average molecular weight is 308 g/mol. The van der Waals surface area contributed by atoms with E-state index in [1.807, 2.05) is 11.8 Å². The van der Waals surface area contributed by atoms with Crippen LogP contribution in [0.15, 0.2) is 0 Å². The minimum Gasteiger partial charge on any atom is -0.463 e. The van der Waals surface area contributed by atoms with Gasteiger partial charge in [0, 0.05) is 32.4 Å². The number of carbonyl (C=O) groups is 2. The standard InChI is InChI=1S/C12H21NO3.5CH4/c1-4-11(8-9(2)16-10(3)14)13-7-5-6-12(13)15;;;;;/h9,11H,4-8H2,1-3H3;5*1H4. The molecule has 0 radical (unpaired) electrons. The van der Waals surface area contributed by atoms with Gasteiger partial charge >= 0.3 is 5.97 Å². The molecule has 0 N–H and O–H groups in total. The van der Waals surface area contributed by atoms with E-state index in [9.17, 15) is 9.59 Å². The minimum atomic E-state index is -0.255. The summed E-state index contributed by atoms with van der Waals surface area (Å²) < 4.78 is 5.10. The molecule has 2 unspecified atom stereocenters. The van der Waals surface area contributed by atoms with E-state index in [0.717, 1.165) is 25.8 Å². The highest BCUT2D eigenvalue weighted by atomic mass is 16.5. The number of nitrogens with zero attached hydrogens (tertiary/aromatic N) is 1. The SMILES string of the molecule is C.C.C.C.C.CCC(CC(C)OC(C)=O)N1CCCC1=O. The number of carbonyl (C=O) groups excluding carboxylic acids is 2. The maximum Gasteiger partial charge on any atom is 0.302 e. The molecule has 1 aliphatic rings. The van der Waals surface area contributed by atoms with E-state index in [-0.39, 0.29) is 61.2 Å². The van der Waals surface area contributed by atoms with Crippen molar-refractivity contribution in [3.8, 4) is 0 Å². The molecule has 4 nitrogen and oxygen atoms in total. The Morgan fingerprint density at radius 2 is 1.76 bits per heavy atom. The first kappa shape index (κ1) is 32.0. The zero-order valence-electron chi connectivity index (χ0n) is 10.4. The van der Waals surface area contributed by atoms with Crippen LogP contribution >= 0.6 is 0 Å². The van der Waals surface area contributed by atoms with Crippen molar-refractivity contribution in [3.05, 3.63) is 0 Å². The van der Waals surface area contributed by atoms with Gasteiger partial charge in [0.1, 0.15) is 6.10 Å². The van der Waals surface area contributed by atoms with Gasteiger partial charge in [0.15, 0.2) is 0 Å². The minimum absolute atomic E-state index is 0. The number of likely N-dealkylation sites (tertiary alicyclic amines) is 1. The highest BCUT2D eigenvalue weighted by Gasteiger charge is 2.28. The summed E-state index contributed by atoms with van der Waals surface area (Å²) in [5, 5.41) is 0. The van der Waals surface area contributed by atoms with Gasteiger partial charge in [-0.05, 0) is 19.8 Å². The maximum absolute atomic E-state index is 11.6. The van der Waals surface area contributed by atoms with Crippen LogP contribution in [0.25, 0.3) is 0 Å². The quantitative estimate of drug-likeness (QED) is 0.678. The lowest BCUT2D eigenvalue weighted by molar-refractivity contribution is -0.146. The van der Waals surface area contributed by atoms with Crippen molar-refractivity contribution < 1.29 is 14.3 Å². The van der Waals surface area contributed by atoms with Crippen molar-refractivity contribution in [2.24, 2.45) is 0 Å². The number of amides is 1. The van der Waals surface area contributed by atoms with Crippen molar-refractivity contribution in [3.63, 3.8) is 0 Å². The third kappa shape index (κ3) is 10.3. The monoisotopic (exact) mass is 307 g/mol. The number of esters is 1. The molecule has 0 aliphatic carbocycles. The summed E-state index contributed by atoms with van der Waals surface area (Å²) >= 11 is 0. The van der Waals surface area contributed by atoms with E-state index < -0.39 is 0 Å². The third-order valence-electron chi connectivity index (χ3n) is 2.99. The van der Waals surface area contributed by atoms with Crippen LogP contribution in [0.1, 0.15) is 83.6 Å². The molecule has 1 aliphatic heterocycles. The Labute approximate surface area is 134 Å². The molecule has 1 heterocycles. The summed E-state index contributed by atoms with van der Waals surface area (Å²) in [5.74, 6) is -0.0167. The first-order chi connectivity index (χ1) is 7.54. The van der Waals surface area contributed by atoms with E-state index >= 15 is 0 Å². The van der Waals surface area contributed by atoms with Crippen LogP contribution in [-0.2, 0) is 14.3 Å². The molecule has 132 valence electrons. The molecule has 0 saturated carbocycles. The van der Waals surface area contributed by atoms with E-state index in [2.05, 4.69) is 6.92 Å². The Bertz CT molecular complexity index is 267. The fourth-order valence-corrected chi connectivity index (χ4v) is 2.28. The molecular weight excluding hydrogens is 266 g/mol. The Balaban J connectivity index is -0.000000171. The Morgan fingerprint density at radius 3 is 2.10 bits per heavy atom. The molecule has 0 aromatic heterocycles. The van der Waals surface area contributed by atoms with Crippen LogP contribution in [0, 0.1) is 0 Å². The molecule has 21 heavy (non-hydrogen) atoms. The largest absolute Gasteiger partial charge is 0.463 e. The van der Waals surface area contributed by atoms with Gasteiger partial charge in [0.25, 0.3) is 0 Å². The molecule has 0 bridgehead atoms. The second-order valence-corrected chi connectivity index (χ2v) is 4.41. The van der Waals surface area contributed by atoms with Gasteiger partial charge in [0.2, 0.25) is 5.91 Å². The molecule has 1 saturated heterocycles. The summed E-state index contributed by atoms with van der Waals surface area (Å²) in [5.41, 5.74) is 0. The predicted octanol–water partition coefficient (Wildman–Crippen LogP) is 4.91. The maximum atomic E-state index is 11.6. The molecule has 0 aromatic carbocycles. The predicted molar refractivity (Wildman–Crippen MR) is 94.5 cm³/mol. The van der Waals surface area contributed by atoms with Gasteiger partial charge in [-0.2, -0.15) is 0 Å². The van der Waals surface area contributed by atoms with Gasteiger partial charge in [-0.25, -0.2) is 0 Å². The van der Waals surface area contributed by atoms with Crippen LogP contribution in [0.4, 0.5) is 0 Å². The normalized spacial score (nSPS) is 15.0. The highest BCUT2D eigenvalue weighted by Crippen LogP contribution is 2.20. The van der Waals surface area contributed by atoms with E-state index in [1.54, 1.807) is 0 Å². The summed E-state index contributed by atoms with van der Waals surface area (Å²) in [6.45, 7) is 6.21. The van der Waals surface area contributed by atoms with E-state index in [4.69, 9.17) is 4.74 Å². The lowest BCUT2D eigenvalue weighted by Crippen LogP contribution is -2.38. The van der Waals surface area contributed by atoms with Gasteiger partial charge in [-0.3, -0.25) is 9.59 Å². The van der Waals surface area contributed by atoms with E-state index in [1.165, 1.54) is 6.92 Å².